The molecule has 1 amide bonds. The summed E-state index contributed by atoms with van der Waals surface area (Å²) < 4.78 is 0. The summed E-state index contributed by atoms with van der Waals surface area (Å²) in [5.74, 6) is -0.327. The van der Waals surface area contributed by atoms with E-state index in [2.05, 4.69) is 5.10 Å². The standard InChI is InChI=1S/C12H15N3O2/c1-8-7-12(2,17)15(14-8)11(16)9-3-5-10(13)6-4-9/h3-6,17H,7,13H2,1-2H3/t12-/m0/s1. The number of hydrogen-bond donors (Lipinski definition) is 2. The van der Waals surface area contributed by atoms with Crippen molar-refractivity contribution >= 4 is 17.3 Å². The van der Waals surface area contributed by atoms with Crippen molar-refractivity contribution in [2.75, 3.05) is 5.73 Å². The maximum absolute atomic E-state index is 12.1. The van der Waals surface area contributed by atoms with Gasteiger partial charge in [0.05, 0.1) is 0 Å². The normalized spacial score (nSPS) is 23.7. The molecule has 1 heterocycles. The predicted octanol–water partition coefficient (Wildman–Crippen LogP) is 1.20. The summed E-state index contributed by atoms with van der Waals surface area (Å²) in [6.45, 7) is 3.35. The molecule has 5 nitrogen and oxygen atoms in total. The molecule has 0 saturated heterocycles. The van der Waals surface area contributed by atoms with Crippen LogP contribution in [0.5, 0.6) is 0 Å². The van der Waals surface area contributed by atoms with E-state index in [4.69, 9.17) is 5.73 Å². The lowest BCUT2D eigenvalue weighted by molar-refractivity contribution is -0.0553. The largest absolute Gasteiger partial charge is 0.399 e. The fourth-order valence-corrected chi connectivity index (χ4v) is 1.89. The first-order valence-corrected chi connectivity index (χ1v) is 5.37. The van der Waals surface area contributed by atoms with Gasteiger partial charge in [-0.3, -0.25) is 4.79 Å². The molecule has 1 atom stereocenters. The van der Waals surface area contributed by atoms with Crippen LogP contribution < -0.4 is 5.73 Å². The Hall–Kier alpha value is -1.88. The molecule has 0 saturated carbocycles. The number of nitrogens with two attached hydrogens (primary N) is 1. The Labute approximate surface area is 99.5 Å². The third kappa shape index (κ3) is 2.14. The van der Waals surface area contributed by atoms with Gasteiger partial charge in [0.25, 0.3) is 5.91 Å². The first-order valence-electron chi connectivity index (χ1n) is 5.37. The van der Waals surface area contributed by atoms with E-state index >= 15 is 0 Å². The minimum atomic E-state index is -1.25. The van der Waals surface area contributed by atoms with Crippen LogP contribution in [0.15, 0.2) is 29.4 Å². The van der Waals surface area contributed by atoms with Crippen molar-refractivity contribution in [1.29, 1.82) is 0 Å². The van der Waals surface area contributed by atoms with Gasteiger partial charge >= 0.3 is 0 Å². The molecule has 0 bridgehead atoms. The Morgan fingerprint density at radius 3 is 2.53 bits per heavy atom. The number of amides is 1. The fraction of sp³-hybridized carbons (Fsp3) is 0.333. The lowest BCUT2D eigenvalue weighted by atomic mass is 10.1. The van der Waals surface area contributed by atoms with Crippen LogP contribution in [0, 0.1) is 0 Å². The number of rotatable bonds is 1. The van der Waals surface area contributed by atoms with Crippen molar-refractivity contribution in [2.45, 2.75) is 26.0 Å². The number of hydrazone groups is 1. The van der Waals surface area contributed by atoms with Gasteiger partial charge in [-0.15, -0.1) is 0 Å². The van der Waals surface area contributed by atoms with Gasteiger partial charge in [0.2, 0.25) is 0 Å². The molecule has 90 valence electrons. The minimum absolute atomic E-state index is 0.327. The maximum Gasteiger partial charge on any atom is 0.276 e. The number of carbonyl (C=O) groups is 1. The zero-order valence-electron chi connectivity index (χ0n) is 9.84. The molecular formula is C12H15N3O2. The highest BCUT2D eigenvalue weighted by Gasteiger charge is 2.39. The average Bonchev–Trinajstić information content (AvgIpc) is 2.52. The lowest BCUT2D eigenvalue weighted by Gasteiger charge is -2.26. The van der Waals surface area contributed by atoms with Crippen molar-refractivity contribution in [1.82, 2.24) is 5.01 Å². The lowest BCUT2D eigenvalue weighted by Crippen LogP contribution is -2.43. The fourth-order valence-electron chi connectivity index (χ4n) is 1.89. The van der Waals surface area contributed by atoms with Crippen LogP contribution in [0.1, 0.15) is 30.6 Å². The number of aliphatic hydroxyl groups is 1. The van der Waals surface area contributed by atoms with Gasteiger partial charge in [-0.1, -0.05) is 0 Å². The first-order chi connectivity index (χ1) is 7.90. The van der Waals surface area contributed by atoms with E-state index in [1.54, 1.807) is 38.1 Å². The molecule has 0 aromatic heterocycles. The van der Waals surface area contributed by atoms with Gasteiger partial charge in [0.1, 0.15) is 0 Å². The van der Waals surface area contributed by atoms with E-state index in [9.17, 15) is 9.90 Å². The van der Waals surface area contributed by atoms with Crippen LogP contribution in [-0.4, -0.2) is 27.5 Å². The number of benzene rings is 1. The topological polar surface area (TPSA) is 78.9 Å². The quantitative estimate of drug-likeness (QED) is 0.715. The molecule has 0 unspecified atom stereocenters. The summed E-state index contributed by atoms with van der Waals surface area (Å²) >= 11 is 0. The highest BCUT2D eigenvalue weighted by molar-refractivity contribution is 5.97. The third-order valence-electron chi connectivity index (χ3n) is 2.67. The molecule has 1 aliphatic rings. The van der Waals surface area contributed by atoms with Crippen LogP contribution in [0.2, 0.25) is 0 Å². The van der Waals surface area contributed by atoms with Gasteiger partial charge in [0, 0.05) is 23.4 Å². The maximum atomic E-state index is 12.1. The third-order valence-corrected chi connectivity index (χ3v) is 2.67. The second-order valence-electron chi connectivity index (χ2n) is 4.47. The van der Waals surface area contributed by atoms with Crippen LogP contribution in [0.25, 0.3) is 0 Å². The number of nitrogens with zero attached hydrogens (tertiary/aromatic N) is 2. The SMILES string of the molecule is CC1=NN(C(=O)c2ccc(N)cc2)[C@@](C)(O)C1. The molecule has 3 N–H and O–H groups in total. The molecule has 2 rings (SSSR count). The van der Waals surface area contributed by atoms with Crippen molar-refractivity contribution in [2.24, 2.45) is 5.10 Å². The van der Waals surface area contributed by atoms with Gasteiger partial charge in [-0.2, -0.15) is 10.1 Å². The number of carbonyl (C=O) groups excluding carboxylic acids is 1. The highest BCUT2D eigenvalue weighted by Crippen LogP contribution is 2.26. The van der Waals surface area contributed by atoms with Crippen LogP contribution in [0.3, 0.4) is 0 Å². The number of nitrogen functional groups attached to an aromatic ring is 1. The molecule has 1 aromatic rings. The Morgan fingerprint density at radius 2 is 2.06 bits per heavy atom. The predicted molar refractivity (Wildman–Crippen MR) is 65.4 cm³/mol. The molecule has 1 aromatic carbocycles. The van der Waals surface area contributed by atoms with Crippen molar-refractivity contribution < 1.29 is 9.90 Å². The van der Waals surface area contributed by atoms with Gasteiger partial charge in [-0.05, 0) is 38.1 Å². The summed E-state index contributed by atoms with van der Waals surface area (Å²) in [5, 5.41) is 15.3. The zero-order chi connectivity index (χ0) is 12.6. The molecule has 5 heteroatoms. The van der Waals surface area contributed by atoms with E-state index in [1.807, 2.05) is 0 Å². The highest BCUT2D eigenvalue weighted by atomic mass is 16.3. The summed E-state index contributed by atoms with van der Waals surface area (Å²) in [6, 6.07) is 6.54. The molecule has 0 spiro atoms. The minimum Gasteiger partial charge on any atom is -0.399 e. The Kier molecular flexibility index (Phi) is 2.63. The van der Waals surface area contributed by atoms with Crippen LogP contribution in [0.4, 0.5) is 5.69 Å². The molecular weight excluding hydrogens is 218 g/mol. The number of anilines is 1. The van der Waals surface area contributed by atoms with E-state index in [1.165, 1.54) is 0 Å². The van der Waals surface area contributed by atoms with Crippen LogP contribution in [-0.2, 0) is 0 Å². The Bertz CT molecular complexity index is 477. The molecule has 0 radical (unpaired) electrons. The van der Waals surface area contributed by atoms with Crippen molar-refractivity contribution in [3.8, 4) is 0 Å². The zero-order valence-corrected chi connectivity index (χ0v) is 9.84. The monoisotopic (exact) mass is 233 g/mol. The summed E-state index contributed by atoms with van der Waals surface area (Å²) in [7, 11) is 0. The van der Waals surface area contributed by atoms with E-state index in [-0.39, 0.29) is 5.91 Å². The first kappa shape index (κ1) is 11.6. The van der Waals surface area contributed by atoms with Gasteiger partial charge in [-0.25, -0.2) is 0 Å². The van der Waals surface area contributed by atoms with E-state index < -0.39 is 5.72 Å². The summed E-state index contributed by atoms with van der Waals surface area (Å²) in [6.07, 6.45) is 0.369. The van der Waals surface area contributed by atoms with E-state index in [0.29, 0.717) is 17.7 Å². The van der Waals surface area contributed by atoms with E-state index in [0.717, 1.165) is 10.7 Å². The Morgan fingerprint density at radius 1 is 1.47 bits per heavy atom. The average molecular weight is 233 g/mol. The molecule has 0 fully saturated rings. The molecule has 1 aliphatic heterocycles. The van der Waals surface area contributed by atoms with Gasteiger partial charge < -0.3 is 10.8 Å². The molecule has 17 heavy (non-hydrogen) atoms. The van der Waals surface area contributed by atoms with Crippen molar-refractivity contribution in [3.63, 3.8) is 0 Å². The molecule has 0 aliphatic carbocycles. The summed E-state index contributed by atoms with van der Waals surface area (Å²) in [4.78, 5) is 12.1. The van der Waals surface area contributed by atoms with Gasteiger partial charge in [0.15, 0.2) is 5.72 Å². The second kappa shape index (κ2) is 3.85. The van der Waals surface area contributed by atoms with Crippen molar-refractivity contribution in [3.05, 3.63) is 29.8 Å². The number of hydrogen-bond acceptors (Lipinski definition) is 4. The smallest absolute Gasteiger partial charge is 0.276 e. The summed E-state index contributed by atoms with van der Waals surface area (Å²) in [5.41, 5.74) is 6.09. The van der Waals surface area contributed by atoms with Crippen LogP contribution >= 0.6 is 0 Å². The second-order valence-corrected chi connectivity index (χ2v) is 4.47. The Balaban J connectivity index is 2.29.